The molecule has 2 N–H and O–H groups in total. The number of carbonyl (C=O) groups excluding carboxylic acids is 1. The van der Waals surface area contributed by atoms with Crippen LogP contribution >= 0.6 is 12.2 Å². The van der Waals surface area contributed by atoms with E-state index in [1.165, 1.54) is 5.56 Å². The maximum Gasteiger partial charge on any atom is 0.328 e. The summed E-state index contributed by atoms with van der Waals surface area (Å²) in [4.78, 5) is 13.8. The minimum atomic E-state index is -0.189. The van der Waals surface area contributed by atoms with E-state index in [1.807, 2.05) is 38.1 Å². The number of nitrogens with zero attached hydrogens (tertiary/aromatic N) is 1. The molecule has 1 aromatic carbocycles. The van der Waals surface area contributed by atoms with Crippen LogP contribution in [0.15, 0.2) is 24.3 Å². The molecule has 108 valence electrons. The van der Waals surface area contributed by atoms with E-state index in [-0.39, 0.29) is 11.6 Å². The Morgan fingerprint density at radius 1 is 1.35 bits per heavy atom. The maximum absolute atomic E-state index is 12.2. The number of urea groups is 1. The number of rotatable bonds is 2. The van der Waals surface area contributed by atoms with Crippen LogP contribution in [0.1, 0.15) is 39.2 Å². The molecule has 4 nitrogen and oxygen atoms in total. The number of hydrogen-bond acceptors (Lipinski definition) is 2. The summed E-state index contributed by atoms with van der Waals surface area (Å²) < 4.78 is 0. The van der Waals surface area contributed by atoms with Gasteiger partial charge < -0.3 is 10.6 Å². The lowest BCUT2D eigenvalue weighted by Crippen LogP contribution is -2.37. The number of nitrogens with one attached hydrogen (secondary N) is 2. The Morgan fingerprint density at radius 2 is 1.95 bits per heavy atom. The average Bonchev–Trinajstić information content (AvgIpc) is 2.63. The van der Waals surface area contributed by atoms with Gasteiger partial charge in [0, 0.05) is 5.69 Å². The Balaban J connectivity index is 2.03. The summed E-state index contributed by atoms with van der Waals surface area (Å²) in [6.07, 6.45) is 0. The number of carbonyl (C=O) groups is 1. The van der Waals surface area contributed by atoms with Crippen molar-refractivity contribution in [2.24, 2.45) is 0 Å². The van der Waals surface area contributed by atoms with Crippen molar-refractivity contribution in [2.75, 3.05) is 11.9 Å². The first-order chi connectivity index (χ1) is 9.28. The highest BCUT2D eigenvalue weighted by atomic mass is 32.1. The molecule has 2 amide bonds. The SMILES string of the molecule is CC(C)c1ccc(NC(=O)N2CC(C)(C)NC2=S)cc1. The van der Waals surface area contributed by atoms with Gasteiger partial charge in [-0.1, -0.05) is 26.0 Å². The van der Waals surface area contributed by atoms with Crippen molar-refractivity contribution >= 4 is 29.0 Å². The molecule has 0 saturated carbocycles. The van der Waals surface area contributed by atoms with Gasteiger partial charge in [-0.25, -0.2) is 4.79 Å². The van der Waals surface area contributed by atoms with Gasteiger partial charge in [0.2, 0.25) is 0 Å². The van der Waals surface area contributed by atoms with Crippen LogP contribution in [-0.4, -0.2) is 28.1 Å². The van der Waals surface area contributed by atoms with Crippen molar-refractivity contribution in [1.82, 2.24) is 10.2 Å². The molecule has 1 aliphatic rings. The van der Waals surface area contributed by atoms with Crippen molar-refractivity contribution in [2.45, 2.75) is 39.2 Å². The lowest BCUT2D eigenvalue weighted by atomic mass is 10.0. The molecule has 1 saturated heterocycles. The zero-order valence-electron chi connectivity index (χ0n) is 12.4. The predicted molar refractivity (Wildman–Crippen MR) is 86.1 cm³/mol. The number of anilines is 1. The summed E-state index contributed by atoms with van der Waals surface area (Å²) in [6, 6.07) is 7.72. The Morgan fingerprint density at radius 3 is 2.40 bits per heavy atom. The fourth-order valence-corrected chi connectivity index (χ4v) is 2.59. The second-order valence-electron chi connectivity index (χ2n) is 6.11. The normalized spacial score (nSPS) is 17.2. The summed E-state index contributed by atoms with van der Waals surface area (Å²) in [7, 11) is 0. The molecule has 5 heteroatoms. The third kappa shape index (κ3) is 3.28. The van der Waals surface area contributed by atoms with Gasteiger partial charge in [-0.05, 0) is 49.7 Å². The molecular formula is C15H21N3OS. The van der Waals surface area contributed by atoms with Crippen LogP contribution in [-0.2, 0) is 0 Å². The smallest absolute Gasteiger partial charge is 0.328 e. The van der Waals surface area contributed by atoms with Crippen LogP contribution in [0.4, 0.5) is 10.5 Å². The Hall–Kier alpha value is -1.62. The van der Waals surface area contributed by atoms with Crippen molar-refractivity contribution in [3.8, 4) is 0 Å². The topological polar surface area (TPSA) is 44.4 Å². The second-order valence-corrected chi connectivity index (χ2v) is 6.49. The molecule has 0 unspecified atom stereocenters. The minimum absolute atomic E-state index is 0.171. The first-order valence-electron chi connectivity index (χ1n) is 6.79. The highest BCUT2D eigenvalue weighted by Gasteiger charge is 2.35. The van der Waals surface area contributed by atoms with Gasteiger partial charge in [0.15, 0.2) is 5.11 Å². The molecule has 1 aromatic rings. The van der Waals surface area contributed by atoms with E-state index >= 15 is 0 Å². The zero-order valence-corrected chi connectivity index (χ0v) is 13.2. The van der Waals surface area contributed by atoms with Gasteiger partial charge in [0.05, 0.1) is 12.1 Å². The Labute approximate surface area is 125 Å². The van der Waals surface area contributed by atoms with Crippen molar-refractivity contribution in [1.29, 1.82) is 0 Å². The highest BCUT2D eigenvalue weighted by molar-refractivity contribution is 7.80. The standard InChI is InChI=1S/C15H21N3OS/c1-10(2)11-5-7-12(8-6-11)16-13(19)18-9-15(3,4)17-14(18)20/h5-8,10H,9H2,1-4H3,(H,16,19)(H,17,20). The fourth-order valence-electron chi connectivity index (χ4n) is 2.17. The summed E-state index contributed by atoms with van der Waals surface area (Å²) in [5.41, 5.74) is 1.87. The molecule has 1 aliphatic heterocycles. The Kier molecular flexibility index (Phi) is 3.99. The number of amides is 2. The second kappa shape index (κ2) is 5.40. The minimum Gasteiger partial charge on any atom is -0.355 e. The molecule has 0 bridgehead atoms. The molecule has 2 rings (SSSR count). The molecule has 20 heavy (non-hydrogen) atoms. The fraction of sp³-hybridized carbons (Fsp3) is 0.467. The molecule has 0 spiro atoms. The van der Waals surface area contributed by atoms with E-state index in [1.54, 1.807) is 4.90 Å². The van der Waals surface area contributed by atoms with E-state index < -0.39 is 0 Å². The third-order valence-electron chi connectivity index (χ3n) is 3.32. The number of benzene rings is 1. The highest BCUT2D eigenvalue weighted by Crippen LogP contribution is 2.19. The van der Waals surface area contributed by atoms with Crippen molar-refractivity contribution < 1.29 is 4.79 Å². The molecular weight excluding hydrogens is 270 g/mol. The van der Waals surface area contributed by atoms with Crippen LogP contribution < -0.4 is 10.6 Å². The summed E-state index contributed by atoms with van der Waals surface area (Å²) in [5, 5.41) is 6.49. The van der Waals surface area contributed by atoms with Crippen LogP contribution in [0.5, 0.6) is 0 Å². The first-order valence-corrected chi connectivity index (χ1v) is 7.20. The van der Waals surface area contributed by atoms with E-state index in [0.29, 0.717) is 17.6 Å². The quantitative estimate of drug-likeness (QED) is 0.822. The van der Waals surface area contributed by atoms with E-state index in [9.17, 15) is 4.79 Å². The van der Waals surface area contributed by atoms with Crippen LogP contribution in [0.25, 0.3) is 0 Å². The van der Waals surface area contributed by atoms with Gasteiger partial charge in [-0.2, -0.15) is 0 Å². The lowest BCUT2D eigenvalue weighted by Gasteiger charge is -2.18. The van der Waals surface area contributed by atoms with Gasteiger partial charge in [0.1, 0.15) is 0 Å². The third-order valence-corrected chi connectivity index (χ3v) is 3.64. The van der Waals surface area contributed by atoms with Crippen molar-refractivity contribution in [3.05, 3.63) is 29.8 Å². The van der Waals surface area contributed by atoms with Crippen LogP contribution in [0, 0.1) is 0 Å². The summed E-state index contributed by atoms with van der Waals surface area (Å²) in [5.74, 6) is 0.482. The Bertz CT molecular complexity index is 522. The number of hydrogen-bond donors (Lipinski definition) is 2. The van der Waals surface area contributed by atoms with Gasteiger partial charge >= 0.3 is 6.03 Å². The molecule has 0 atom stereocenters. The van der Waals surface area contributed by atoms with Crippen LogP contribution in [0.3, 0.4) is 0 Å². The molecule has 0 aromatic heterocycles. The molecule has 0 aliphatic carbocycles. The molecule has 0 radical (unpaired) electrons. The first kappa shape index (κ1) is 14.8. The van der Waals surface area contributed by atoms with Gasteiger partial charge in [-0.3, -0.25) is 4.90 Å². The summed E-state index contributed by atoms with van der Waals surface area (Å²) >= 11 is 5.19. The summed E-state index contributed by atoms with van der Waals surface area (Å²) in [6.45, 7) is 8.89. The predicted octanol–water partition coefficient (Wildman–Crippen LogP) is 3.31. The largest absolute Gasteiger partial charge is 0.355 e. The lowest BCUT2D eigenvalue weighted by molar-refractivity contribution is 0.233. The monoisotopic (exact) mass is 291 g/mol. The van der Waals surface area contributed by atoms with E-state index in [0.717, 1.165) is 5.69 Å². The van der Waals surface area contributed by atoms with E-state index in [4.69, 9.17) is 12.2 Å². The molecule has 1 heterocycles. The van der Waals surface area contributed by atoms with Crippen molar-refractivity contribution in [3.63, 3.8) is 0 Å². The maximum atomic E-state index is 12.2. The number of thiocarbonyl (C=S) groups is 1. The van der Waals surface area contributed by atoms with Crippen LogP contribution in [0.2, 0.25) is 0 Å². The average molecular weight is 291 g/mol. The van der Waals surface area contributed by atoms with Gasteiger partial charge in [0.25, 0.3) is 0 Å². The molecule has 1 fully saturated rings. The zero-order chi connectivity index (χ0) is 14.9. The van der Waals surface area contributed by atoms with E-state index in [2.05, 4.69) is 24.5 Å². The van der Waals surface area contributed by atoms with Gasteiger partial charge in [-0.15, -0.1) is 0 Å².